The molecule has 4 amide bonds. The van der Waals surface area contributed by atoms with E-state index in [4.69, 9.17) is 4.74 Å². The zero-order valence-electron chi connectivity index (χ0n) is 14.4. The molecule has 6 nitrogen and oxygen atoms in total. The number of carbonyl (C=O) groups is 3. The maximum Gasteiger partial charge on any atom is 0.335 e. The first kappa shape index (κ1) is 20.5. The fourth-order valence-corrected chi connectivity index (χ4v) is 4.71. The number of nitrogens with one attached hydrogen (secondary N) is 1. The summed E-state index contributed by atoms with van der Waals surface area (Å²) in [6, 6.07) is 11.3. The second-order valence-corrected chi connectivity index (χ2v) is 8.03. The van der Waals surface area contributed by atoms with E-state index in [1.165, 1.54) is 6.08 Å². The Labute approximate surface area is 188 Å². The molecule has 1 fully saturated rings. The van der Waals surface area contributed by atoms with Gasteiger partial charge in [-0.15, -0.1) is 0 Å². The topological polar surface area (TPSA) is 75.7 Å². The summed E-state index contributed by atoms with van der Waals surface area (Å²) in [7, 11) is 0. The van der Waals surface area contributed by atoms with Gasteiger partial charge in [0.2, 0.25) is 0 Å². The maximum absolute atomic E-state index is 12.9. The lowest BCUT2D eigenvalue weighted by atomic mass is 10.1. The van der Waals surface area contributed by atoms with E-state index in [0.29, 0.717) is 23.6 Å². The van der Waals surface area contributed by atoms with Gasteiger partial charge in [-0.1, -0.05) is 30.9 Å². The molecule has 0 spiro atoms. The molecule has 0 radical (unpaired) electrons. The minimum Gasteiger partial charge on any atom is -0.487 e. The number of imide groups is 2. The first-order valence-corrected chi connectivity index (χ1v) is 10.3. The minimum absolute atomic E-state index is 0.116. The standard InChI is InChI=1S/C20H14I2N2O4/c1-2-8-28-17-15(21)10-12(11-16(17)22)9-14-18(25)23-20(27)24(19(14)26)13-6-4-3-5-7-13/h2-7,9-11H,1,8H2,(H,23,25,27)/b14-9+. The average molecular weight is 600 g/mol. The van der Waals surface area contributed by atoms with E-state index < -0.39 is 17.8 Å². The molecule has 0 aliphatic carbocycles. The van der Waals surface area contributed by atoms with Gasteiger partial charge in [-0.3, -0.25) is 14.9 Å². The number of hydrogen-bond donors (Lipinski definition) is 1. The molecule has 1 heterocycles. The molecule has 1 aliphatic heterocycles. The van der Waals surface area contributed by atoms with Crippen molar-refractivity contribution in [2.45, 2.75) is 0 Å². The van der Waals surface area contributed by atoms with Gasteiger partial charge < -0.3 is 4.74 Å². The highest BCUT2D eigenvalue weighted by atomic mass is 127. The van der Waals surface area contributed by atoms with Crippen molar-refractivity contribution in [3.8, 4) is 5.75 Å². The van der Waals surface area contributed by atoms with Gasteiger partial charge in [-0.2, -0.15) is 0 Å². The number of anilines is 1. The molecule has 1 aliphatic rings. The van der Waals surface area contributed by atoms with Crippen LogP contribution in [-0.2, 0) is 9.59 Å². The molecule has 0 saturated carbocycles. The van der Waals surface area contributed by atoms with Crippen LogP contribution in [0.25, 0.3) is 6.08 Å². The molecule has 0 bridgehead atoms. The van der Waals surface area contributed by atoms with Crippen molar-refractivity contribution in [1.29, 1.82) is 0 Å². The van der Waals surface area contributed by atoms with Crippen LogP contribution in [0.3, 0.4) is 0 Å². The third kappa shape index (κ3) is 4.27. The number of rotatable bonds is 5. The smallest absolute Gasteiger partial charge is 0.335 e. The quantitative estimate of drug-likeness (QED) is 0.243. The van der Waals surface area contributed by atoms with Crippen LogP contribution in [0.15, 0.2) is 60.7 Å². The summed E-state index contributed by atoms with van der Waals surface area (Å²) < 4.78 is 7.30. The van der Waals surface area contributed by atoms with Gasteiger partial charge in [-0.25, -0.2) is 9.69 Å². The zero-order valence-corrected chi connectivity index (χ0v) is 18.8. The Morgan fingerprint density at radius 2 is 1.71 bits per heavy atom. The van der Waals surface area contributed by atoms with E-state index in [1.807, 2.05) is 0 Å². The Kier molecular flexibility index (Phi) is 6.50. The molecule has 0 unspecified atom stereocenters. The number of nitrogens with zero attached hydrogens (tertiary/aromatic N) is 1. The van der Waals surface area contributed by atoms with E-state index in [-0.39, 0.29) is 5.57 Å². The SMILES string of the molecule is C=CCOc1c(I)cc(/C=C2\C(=O)NC(=O)N(c3ccccc3)C2=O)cc1I. The normalized spacial score (nSPS) is 15.6. The van der Waals surface area contributed by atoms with Crippen LogP contribution in [0.4, 0.5) is 10.5 Å². The van der Waals surface area contributed by atoms with Crippen molar-refractivity contribution < 1.29 is 19.1 Å². The van der Waals surface area contributed by atoms with E-state index in [1.54, 1.807) is 48.5 Å². The zero-order chi connectivity index (χ0) is 20.3. The van der Waals surface area contributed by atoms with Crippen molar-refractivity contribution in [3.63, 3.8) is 0 Å². The Bertz CT molecular complexity index is 980. The largest absolute Gasteiger partial charge is 0.487 e. The molecular weight excluding hydrogens is 586 g/mol. The second kappa shape index (κ2) is 8.86. The van der Waals surface area contributed by atoms with Crippen molar-refractivity contribution in [2.75, 3.05) is 11.5 Å². The summed E-state index contributed by atoms with van der Waals surface area (Å²) in [5.41, 5.74) is 0.927. The van der Waals surface area contributed by atoms with E-state index in [2.05, 4.69) is 57.1 Å². The van der Waals surface area contributed by atoms with Gasteiger partial charge in [-0.05, 0) is 81.1 Å². The van der Waals surface area contributed by atoms with Gasteiger partial charge in [0.25, 0.3) is 11.8 Å². The van der Waals surface area contributed by atoms with Crippen LogP contribution in [0.2, 0.25) is 0 Å². The number of carbonyl (C=O) groups excluding carboxylic acids is 3. The number of amides is 4. The van der Waals surface area contributed by atoms with Crippen LogP contribution in [0.1, 0.15) is 5.56 Å². The number of benzene rings is 2. The number of ether oxygens (including phenoxy) is 1. The molecule has 1 saturated heterocycles. The third-order valence-corrected chi connectivity index (χ3v) is 5.40. The van der Waals surface area contributed by atoms with Gasteiger partial charge >= 0.3 is 6.03 Å². The van der Waals surface area contributed by atoms with Crippen LogP contribution in [0.5, 0.6) is 5.75 Å². The molecule has 28 heavy (non-hydrogen) atoms. The first-order valence-electron chi connectivity index (χ1n) is 8.11. The van der Waals surface area contributed by atoms with Crippen LogP contribution in [-0.4, -0.2) is 24.5 Å². The summed E-state index contributed by atoms with van der Waals surface area (Å²) in [5, 5.41) is 2.22. The molecule has 8 heteroatoms. The first-order chi connectivity index (χ1) is 13.4. The summed E-state index contributed by atoms with van der Waals surface area (Å²) >= 11 is 4.26. The summed E-state index contributed by atoms with van der Waals surface area (Å²) in [6.07, 6.45) is 3.13. The third-order valence-electron chi connectivity index (χ3n) is 3.79. The highest BCUT2D eigenvalue weighted by molar-refractivity contribution is 14.1. The molecule has 142 valence electrons. The van der Waals surface area contributed by atoms with Gasteiger partial charge in [0.15, 0.2) is 0 Å². The predicted molar refractivity (Wildman–Crippen MR) is 123 cm³/mol. The van der Waals surface area contributed by atoms with Gasteiger partial charge in [0, 0.05) is 0 Å². The Hall–Kier alpha value is -2.21. The van der Waals surface area contributed by atoms with E-state index in [0.717, 1.165) is 12.0 Å². The van der Waals surface area contributed by atoms with Crippen molar-refractivity contribution in [3.05, 3.63) is 73.4 Å². The number of urea groups is 1. The Balaban J connectivity index is 1.98. The lowest BCUT2D eigenvalue weighted by molar-refractivity contribution is -0.122. The lowest BCUT2D eigenvalue weighted by Crippen LogP contribution is -2.54. The van der Waals surface area contributed by atoms with Crippen LogP contribution >= 0.6 is 45.2 Å². The molecule has 1 N–H and O–H groups in total. The molecule has 0 aromatic heterocycles. The van der Waals surface area contributed by atoms with E-state index in [9.17, 15) is 14.4 Å². The molecular formula is C20H14I2N2O4. The Morgan fingerprint density at radius 3 is 2.32 bits per heavy atom. The summed E-state index contributed by atoms with van der Waals surface area (Å²) in [5.74, 6) is -0.681. The molecule has 0 atom stereocenters. The summed E-state index contributed by atoms with van der Waals surface area (Å²) in [6.45, 7) is 4.01. The lowest BCUT2D eigenvalue weighted by Gasteiger charge is -2.26. The minimum atomic E-state index is -0.768. The molecule has 2 aromatic rings. The summed E-state index contributed by atoms with van der Waals surface area (Å²) in [4.78, 5) is 38.3. The van der Waals surface area contributed by atoms with E-state index >= 15 is 0 Å². The average Bonchev–Trinajstić information content (AvgIpc) is 2.65. The van der Waals surface area contributed by atoms with Crippen molar-refractivity contribution in [2.24, 2.45) is 0 Å². The second-order valence-electron chi connectivity index (χ2n) is 5.71. The number of hydrogen-bond acceptors (Lipinski definition) is 4. The fourth-order valence-electron chi connectivity index (χ4n) is 2.58. The van der Waals surface area contributed by atoms with Crippen LogP contribution in [0, 0.1) is 7.14 Å². The highest BCUT2D eigenvalue weighted by Gasteiger charge is 2.36. The monoisotopic (exact) mass is 600 g/mol. The molecule has 3 rings (SSSR count). The number of halogens is 2. The Morgan fingerprint density at radius 1 is 1.07 bits per heavy atom. The maximum atomic E-state index is 12.9. The van der Waals surface area contributed by atoms with Crippen molar-refractivity contribution >= 4 is 74.8 Å². The number of para-hydroxylation sites is 1. The fraction of sp³-hybridized carbons (Fsp3) is 0.0500. The molecule has 2 aromatic carbocycles. The number of barbiturate groups is 1. The van der Waals surface area contributed by atoms with Gasteiger partial charge in [0.1, 0.15) is 17.9 Å². The predicted octanol–water partition coefficient (Wildman–Crippen LogP) is 4.13. The van der Waals surface area contributed by atoms with Gasteiger partial charge in [0.05, 0.1) is 12.8 Å². The highest BCUT2D eigenvalue weighted by Crippen LogP contribution is 2.30. The van der Waals surface area contributed by atoms with Crippen LogP contribution < -0.4 is 15.0 Å². The van der Waals surface area contributed by atoms with Crippen molar-refractivity contribution in [1.82, 2.24) is 5.32 Å².